The van der Waals surface area contributed by atoms with Gasteiger partial charge in [-0.05, 0) is 177 Å². The third kappa shape index (κ3) is 13.8. The highest BCUT2D eigenvalue weighted by Gasteiger charge is 2.44. The van der Waals surface area contributed by atoms with Crippen LogP contribution in [0.25, 0.3) is 115 Å². The molecule has 12 rings (SSSR count). The fourth-order valence-electron chi connectivity index (χ4n) is 12.2. The molecular weight excluding hydrogens is 1460 g/mol. The predicted molar refractivity (Wildman–Crippen MR) is 319 cm³/mol. The molecule has 0 amide bonds. The van der Waals surface area contributed by atoms with Gasteiger partial charge < -0.3 is 9.13 Å². The number of alkyl halides is 30. The minimum Gasteiger partial charge on any atom is -0.308 e. The van der Waals surface area contributed by atoms with Crippen LogP contribution in [0.15, 0.2) is 176 Å². The molecule has 0 aliphatic heterocycles. The summed E-state index contributed by atoms with van der Waals surface area (Å²) in [6.07, 6.45) is -56.0. The third-order valence-electron chi connectivity index (χ3n) is 16.9. The summed E-state index contributed by atoms with van der Waals surface area (Å²) in [4.78, 5) is 3.34. The first-order chi connectivity index (χ1) is 47.8. The first-order valence-electron chi connectivity index (χ1n) is 29.0. The molecule has 3 nitrogen and oxygen atoms in total. The Kier molecular flexibility index (Phi) is 16.9. The van der Waals surface area contributed by atoms with Crippen molar-refractivity contribution < 1.29 is 132 Å². The SMILES string of the molecule is [C-]#[N+]c1cc(-n2c3cc(-c4cc(C(F)(F)F)cc(C(F)(F)F)c4)ccc3c3ccc(-c4cc(C(F)(F)F)cc(C(F)(F)F)c4)cc32)c(-n2c3cc(-c4cc(C(F)(F)F)cc(C(F)(F)F)c4)ccc3c3ccc(-c4cc(C(F)(F)F)cc(C(F)(F)F)c4)cc32)cc1-c1ccc(C(F)(F)F)cc1C(F)(F)F. The number of fused-ring (bicyclic) bond motifs is 6. The summed E-state index contributed by atoms with van der Waals surface area (Å²) >= 11 is 0. The van der Waals surface area contributed by atoms with Crippen molar-refractivity contribution in [3.8, 4) is 67.0 Å². The molecule has 0 radical (unpaired) electrons. The molecule has 2 heterocycles. The van der Waals surface area contributed by atoms with Gasteiger partial charge in [-0.3, -0.25) is 0 Å². The van der Waals surface area contributed by atoms with Gasteiger partial charge in [-0.25, -0.2) is 4.85 Å². The molecule has 12 aromatic rings. The molecule has 0 saturated carbocycles. The summed E-state index contributed by atoms with van der Waals surface area (Å²) in [5, 5.41) is -1.18. The average molecular weight is 1490 g/mol. The van der Waals surface area contributed by atoms with Crippen LogP contribution in [0.3, 0.4) is 0 Å². The van der Waals surface area contributed by atoms with Crippen molar-refractivity contribution in [1.82, 2.24) is 9.13 Å². The predicted octanol–water partition coefficient (Wildman–Crippen LogP) is 27.0. The monoisotopic (exact) mass is 1490 g/mol. The van der Waals surface area contributed by atoms with E-state index in [-0.39, 0.29) is 106 Å². The number of rotatable bonds is 7. The van der Waals surface area contributed by atoms with Gasteiger partial charge in [0.25, 0.3) is 0 Å². The highest BCUT2D eigenvalue weighted by Crippen LogP contribution is 2.52. The van der Waals surface area contributed by atoms with Crippen LogP contribution < -0.4 is 0 Å². The Balaban J connectivity index is 1.32. The summed E-state index contributed by atoms with van der Waals surface area (Å²) in [5.41, 5.74) is -33.8. The lowest BCUT2D eigenvalue weighted by Crippen LogP contribution is -2.12. The quantitative estimate of drug-likeness (QED) is 0.112. The van der Waals surface area contributed by atoms with Crippen LogP contribution in [0.2, 0.25) is 0 Å². The number of hydrogen-bond acceptors (Lipinski definition) is 0. The normalized spacial score (nSPS) is 13.5. The van der Waals surface area contributed by atoms with Gasteiger partial charge in [0.2, 0.25) is 0 Å². The molecular formula is C71H29F30N3. The molecule has 0 bridgehead atoms. The summed E-state index contributed by atoms with van der Waals surface area (Å²) in [6, 6.07) is 12.1. The Morgan fingerprint density at radius 1 is 0.212 bits per heavy atom. The summed E-state index contributed by atoms with van der Waals surface area (Å²) < 4.78 is 441. The Hall–Kier alpha value is -10.8. The van der Waals surface area contributed by atoms with Gasteiger partial charge in [0, 0.05) is 21.5 Å². The van der Waals surface area contributed by atoms with E-state index >= 15 is 13.2 Å². The minimum absolute atomic E-state index is 0.0887. The molecule has 0 aliphatic carbocycles. The number of aromatic nitrogens is 2. The van der Waals surface area contributed by atoms with Crippen molar-refractivity contribution in [2.75, 3.05) is 0 Å². The Labute approximate surface area is 560 Å². The maximum Gasteiger partial charge on any atom is 0.416 e. The van der Waals surface area contributed by atoms with E-state index in [1.807, 2.05) is 0 Å². The van der Waals surface area contributed by atoms with Gasteiger partial charge >= 0.3 is 61.8 Å². The molecule has 0 fully saturated rings. The van der Waals surface area contributed by atoms with Gasteiger partial charge in [0.05, 0.1) is 95.6 Å². The molecule has 33 heteroatoms. The van der Waals surface area contributed by atoms with Gasteiger partial charge in [-0.15, -0.1) is 0 Å². The van der Waals surface area contributed by atoms with E-state index in [9.17, 15) is 119 Å². The van der Waals surface area contributed by atoms with Crippen LogP contribution in [0.4, 0.5) is 137 Å². The van der Waals surface area contributed by atoms with Gasteiger partial charge in [-0.1, -0.05) is 54.6 Å². The lowest BCUT2D eigenvalue weighted by Gasteiger charge is -2.22. The van der Waals surface area contributed by atoms with E-state index in [0.29, 0.717) is 12.1 Å². The second-order valence-electron chi connectivity index (χ2n) is 23.5. The molecule has 0 spiro atoms. The van der Waals surface area contributed by atoms with Crippen molar-refractivity contribution in [3.05, 3.63) is 243 Å². The maximum absolute atomic E-state index is 15.5. The molecule has 0 unspecified atom stereocenters. The van der Waals surface area contributed by atoms with Crippen molar-refractivity contribution >= 4 is 49.3 Å². The average Bonchev–Trinajstić information content (AvgIpc) is 1.54. The van der Waals surface area contributed by atoms with E-state index in [1.165, 1.54) is 0 Å². The van der Waals surface area contributed by atoms with Crippen LogP contribution in [0.1, 0.15) is 55.6 Å². The van der Waals surface area contributed by atoms with E-state index in [4.69, 9.17) is 6.57 Å². The number of nitrogens with zero attached hydrogens (tertiary/aromatic N) is 3. The van der Waals surface area contributed by atoms with E-state index in [1.54, 1.807) is 0 Å². The van der Waals surface area contributed by atoms with Gasteiger partial charge in [0.1, 0.15) is 0 Å². The summed E-state index contributed by atoms with van der Waals surface area (Å²) in [6.45, 7) is 8.48. The second-order valence-corrected chi connectivity index (χ2v) is 23.5. The summed E-state index contributed by atoms with van der Waals surface area (Å²) in [5.74, 6) is 0. The van der Waals surface area contributed by atoms with Crippen LogP contribution in [0, 0.1) is 6.57 Å². The smallest absolute Gasteiger partial charge is 0.308 e. The third-order valence-corrected chi connectivity index (χ3v) is 16.9. The fraction of sp³-hybridized carbons (Fsp3) is 0.141. The minimum atomic E-state index is -5.88. The van der Waals surface area contributed by atoms with Gasteiger partial charge in [0.15, 0.2) is 5.69 Å². The molecule has 0 aliphatic rings. The highest BCUT2D eigenvalue weighted by atomic mass is 19.4. The van der Waals surface area contributed by atoms with E-state index in [0.717, 1.165) is 81.9 Å². The van der Waals surface area contributed by atoms with Crippen molar-refractivity contribution in [2.24, 2.45) is 0 Å². The first kappa shape index (κ1) is 73.0. The number of benzene rings is 10. The van der Waals surface area contributed by atoms with Crippen molar-refractivity contribution in [2.45, 2.75) is 61.8 Å². The zero-order valence-corrected chi connectivity index (χ0v) is 50.4. The molecule has 10 aromatic carbocycles. The second kappa shape index (κ2) is 24.1. The highest BCUT2D eigenvalue weighted by molar-refractivity contribution is 6.14. The molecule has 2 aromatic heterocycles. The molecule has 104 heavy (non-hydrogen) atoms. The molecule has 0 N–H and O–H groups in total. The van der Waals surface area contributed by atoms with Crippen molar-refractivity contribution in [3.63, 3.8) is 0 Å². The van der Waals surface area contributed by atoms with Crippen LogP contribution in [-0.2, 0) is 61.8 Å². The lowest BCUT2D eigenvalue weighted by molar-refractivity contribution is -0.144. The van der Waals surface area contributed by atoms with Crippen LogP contribution in [0.5, 0.6) is 0 Å². The standard InChI is InChI=1S/C71H29F30N3/c1-102-55-30-61(104-58-22-33(37-16-44(67(87,88)89)26-45(17-37)68(90,91)92)4-9-51(58)52-10-5-34(23-59(52)104)38-18-46(69(93,94)95)27-47(19-38)70(96,97)98)60(29-53(55)48-11-6-39(62(72,73)74)28-54(48)71(99,100)101)103-56-20-31(35-12-40(63(75,76)77)24-41(13-35)64(78,79)80)2-7-49(56)50-8-3-32(21-57(50)103)36-14-42(65(81,82)83)25-43(15-36)66(84,85)86/h2-30H. The Bertz CT molecular complexity index is 5140. The maximum atomic E-state index is 15.5. The van der Waals surface area contributed by atoms with Gasteiger partial charge in [-0.2, -0.15) is 132 Å². The van der Waals surface area contributed by atoms with Crippen LogP contribution in [-0.4, -0.2) is 9.13 Å². The van der Waals surface area contributed by atoms with E-state index in [2.05, 4.69) is 4.85 Å². The first-order valence-corrected chi connectivity index (χ1v) is 29.0. The zero-order chi connectivity index (χ0) is 76.3. The number of halogens is 30. The lowest BCUT2D eigenvalue weighted by atomic mass is 9.94. The van der Waals surface area contributed by atoms with Crippen LogP contribution >= 0.6 is 0 Å². The molecule has 538 valence electrons. The Morgan fingerprint density at radius 2 is 0.452 bits per heavy atom. The number of hydrogen-bond donors (Lipinski definition) is 0. The zero-order valence-electron chi connectivity index (χ0n) is 50.4. The van der Waals surface area contributed by atoms with E-state index < -0.39 is 218 Å². The fourth-order valence-corrected chi connectivity index (χ4v) is 12.2. The molecule has 0 saturated heterocycles. The Morgan fingerprint density at radius 3 is 0.673 bits per heavy atom. The summed E-state index contributed by atoms with van der Waals surface area (Å²) in [7, 11) is 0. The molecule has 0 atom stereocenters. The topological polar surface area (TPSA) is 14.2 Å². The largest absolute Gasteiger partial charge is 0.416 e. The van der Waals surface area contributed by atoms with Crippen molar-refractivity contribution in [1.29, 1.82) is 0 Å².